The van der Waals surface area contributed by atoms with Gasteiger partial charge in [-0.25, -0.2) is 8.42 Å². The Balaban J connectivity index is 1.74. The summed E-state index contributed by atoms with van der Waals surface area (Å²) < 4.78 is 32.0. The number of ether oxygens (including phenoxy) is 1. The number of carbonyl (C=O) groups is 1. The molecule has 0 bridgehead atoms. The van der Waals surface area contributed by atoms with Crippen LogP contribution in [0.15, 0.2) is 53.4 Å². The Morgan fingerprint density at radius 2 is 2.00 bits per heavy atom. The molecule has 1 heterocycles. The summed E-state index contributed by atoms with van der Waals surface area (Å²) in [6, 6.07) is 12.7. The number of anilines is 1. The fraction of sp³-hybridized carbons (Fsp3) is 0.316. The van der Waals surface area contributed by atoms with Crippen LogP contribution in [0.3, 0.4) is 0 Å². The highest BCUT2D eigenvalue weighted by atomic mass is 35.5. The fourth-order valence-corrected chi connectivity index (χ4v) is 4.35. The summed E-state index contributed by atoms with van der Waals surface area (Å²) in [6.07, 6.45) is 1.96. The van der Waals surface area contributed by atoms with Gasteiger partial charge in [0.05, 0.1) is 27.3 Å². The van der Waals surface area contributed by atoms with Crippen LogP contribution in [-0.2, 0) is 14.8 Å². The lowest BCUT2D eigenvalue weighted by atomic mass is 10.2. The summed E-state index contributed by atoms with van der Waals surface area (Å²) in [5.41, 5.74) is 0.670. The second-order valence-corrected chi connectivity index (χ2v) is 8.67. The van der Waals surface area contributed by atoms with Crippen molar-refractivity contribution in [2.24, 2.45) is 0 Å². The van der Waals surface area contributed by atoms with Gasteiger partial charge in [-0.2, -0.15) is 0 Å². The van der Waals surface area contributed by atoms with E-state index < -0.39 is 10.0 Å². The van der Waals surface area contributed by atoms with Gasteiger partial charge in [-0.15, -0.1) is 0 Å². The minimum Gasteiger partial charge on any atom is -0.376 e. The van der Waals surface area contributed by atoms with Gasteiger partial charge in [-0.05, 0) is 43.2 Å². The van der Waals surface area contributed by atoms with E-state index in [0.29, 0.717) is 17.8 Å². The standard InChI is InChI=1S/C19H21ClN2O4S/c1-22(27(24,25)16-7-3-2-4-8-16)14-9-10-17(18(20)12-14)19(23)21-13-15-6-5-11-26-15/h2-4,7-10,12,15H,5-6,11,13H2,1H3,(H,21,23)/t15-/m1/s1. The van der Waals surface area contributed by atoms with Crippen LogP contribution in [-0.4, -0.2) is 40.6 Å². The molecule has 1 aliphatic heterocycles. The lowest BCUT2D eigenvalue weighted by Crippen LogP contribution is -2.32. The average molecular weight is 409 g/mol. The van der Waals surface area contributed by atoms with E-state index in [2.05, 4.69) is 5.32 Å². The number of nitrogens with zero attached hydrogens (tertiary/aromatic N) is 1. The first-order valence-electron chi connectivity index (χ1n) is 8.63. The van der Waals surface area contributed by atoms with Crippen molar-refractivity contribution in [1.82, 2.24) is 5.32 Å². The van der Waals surface area contributed by atoms with Gasteiger partial charge in [-0.3, -0.25) is 9.10 Å². The molecule has 1 saturated heterocycles. The molecule has 6 nitrogen and oxygen atoms in total. The predicted octanol–water partition coefficient (Wildman–Crippen LogP) is 3.07. The number of sulfonamides is 1. The number of hydrogen-bond donors (Lipinski definition) is 1. The van der Waals surface area contributed by atoms with Gasteiger partial charge in [0.25, 0.3) is 15.9 Å². The smallest absolute Gasteiger partial charge is 0.264 e. The van der Waals surface area contributed by atoms with E-state index in [-0.39, 0.29) is 21.9 Å². The number of carbonyl (C=O) groups excluding carboxylic acids is 1. The molecule has 27 heavy (non-hydrogen) atoms. The van der Waals surface area contributed by atoms with E-state index in [1.54, 1.807) is 24.3 Å². The summed E-state index contributed by atoms with van der Waals surface area (Å²) in [5.74, 6) is -0.310. The van der Waals surface area contributed by atoms with E-state index >= 15 is 0 Å². The summed E-state index contributed by atoms with van der Waals surface area (Å²) in [6.45, 7) is 1.15. The maximum atomic E-state index is 12.7. The maximum Gasteiger partial charge on any atom is 0.264 e. The highest BCUT2D eigenvalue weighted by Crippen LogP contribution is 2.27. The molecule has 0 spiro atoms. The number of nitrogens with one attached hydrogen (secondary N) is 1. The predicted molar refractivity (Wildman–Crippen MR) is 105 cm³/mol. The molecular formula is C19H21ClN2O4S. The van der Waals surface area contributed by atoms with Crippen molar-refractivity contribution in [3.05, 3.63) is 59.1 Å². The molecule has 144 valence electrons. The van der Waals surface area contributed by atoms with Gasteiger partial charge < -0.3 is 10.1 Å². The molecule has 0 aliphatic carbocycles. The van der Waals surface area contributed by atoms with Gasteiger partial charge in [0.2, 0.25) is 0 Å². The van der Waals surface area contributed by atoms with Crippen LogP contribution in [0.5, 0.6) is 0 Å². The van der Waals surface area contributed by atoms with Crippen molar-refractivity contribution in [3.8, 4) is 0 Å². The molecular weight excluding hydrogens is 388 g/mol. The Bertz CT molecular complexity index is 913. The van der Waals surface area contributed by atoms with Gasteiger partial charge in [-0.1, -0.05) is 29.8 Å². The van der Waals surface area contributed by atoms with Crippen LogP contribution >= 0.6 is 11.6 Å². The number of halogens is 1. The fourth-order valence-electron chi connectivity index (χ4n) is 2.88. The summed E-state index contributed by atoms with van der Waals surface area (Å²) in [5, 5.41) is 2.99. The van der Waals surface area contributed by atoms with Crippen molar-refractivity contribution in [1.29, 1.82) is 0 Å². The molecule has 0 saturated carbocycles. The molecule has 1 aliphatic rings. The second-order valence-electron chi connectivity index (χ2n) is 6.29. The van der Waals surface area contributed by atoms with Crippen LogP contribution < -0.4 is 9.62 Å². The van der Waals surface area contributed by atoms with Gasteiger partial charge in [0.1, 0.15) is 0 Å². The van der Waals surface area contributed by atoms with Crippen molar-refractivity contribution < 1.29 is 17.9 Å². The molecule has 8 heteroatoms. The van der Waals surface area contributed by atoms with Crippen LogP contribution in [0.4, 0.5) is 5.69 Å². The maximum absolute atomic E-state index is 12.7. The van der Waals surface area contributed by atoms with Crippen molar-refractivity contribution >= 4 is 33.2 Å². The highest BCUT2D eigenvalue weighted by Gasteiger charge is 2.23. The summed E-state index contributed by atoms with van der Waals surface area (Å²) in [4.78, 5) is 12.5. The van der Waals surface area contributed by atoms with E-state index in [0.717, 1.165) is 23.8 Å². The second kappa shape index (κ2) is 8.29. The topological polar surface area (TPSA) is 75.7 Å². The van der Waals surface area contributed by atoms with E-state index in [9.17, 15) is 13.2 Å². The summed E-state index contributed by atoms with van der Waals surface area (Å²) in [7, 11) is -2.26. The largest absolute Gasteiger partial charge is 0.376 e. The van der Waals surface area contributed by atoms with Crippen LogP contribution in [0.2, 0.25) is 5.02 Å². The van der Waals surface area contributed by atoms with Crippen molar-refractivity contribution in [2.75, 3.05) is 24.5 Å². The first-order chi connectivity index (χ1) is 12.9. The van der Waals surface area contributed by atoms with Gasteiger partial charge in [0, 0.05) is 20.2 Å². The number of hydrogen-bond acceptors (Lipinski definition) is 4. The minimum atomic E-state index is -3.71. The first-order valence-corrected chi connectivity index (χ1v) is 10.4. The van der Waals surface area contributed by atoms with Gasteiger partial charge in [0.15, 0.2) is 0 Å². The Hall–Kier alpha value is -2.09. The molecule has 1 fully saturated rings. The monoisotopic (exact) mass is 408 g/mol. The zero-order valence-electron chi connectivity index (χ0n) is 14.9. The van der Waals surface area contributed by atoms with E-state index in [4.69, 9.17) is 16.3 Å². The highest BCUT2D eigenvalue weighted by molar-refractivity contribution is 7.92. The quantitative estimate of drug-likeness (QED) is 0.796. The zero-order chi connectivity index (χ0) is 19.4. The molecule has 0 unspecified atom stereocenters. The molecule has 3 rings (SSSR count). The third-order valence-electron chi connectivity index (χ3n) is 4.48. The average Bonchev–Trinajstić information content (AvgIpc) is 3.19. The third-order valence-corrected chi connectivity index (χ3v) is 6.59. The molecule has 0 radical (unpaired) electrons. The summed E-state index contributed by atoms with van der Waals surface area (Å²) >= 11 is 6.25. The third kappa shape index (κ3) is 4.43. The molecule has 0 aromatic heterocycles. The molecule has 1 N–H and O–H groups in total. The number of benzene rings is 2. The Morgan fingerprint density at radius 1 is 1.26 bits per heavy atom. The van der Waals surface area contributed by atoms with Crippen LogP contribution in [0, 0.1) is 0 Å². The number of amides is 1. The Morgan fingerprint density at radius 3 is 2.63 bits per heavy atom. The van der Waals surface area contributed by atoms with Crippen LogP contribution in [0.1, 0.15) is 23.2 Å². The first kappa shape index (κ1) is 19.7. The van der Waals surface area contributed by atoms with Crippen LogP contribution in [0.25, 0.3) is 0 Å². The van der Waals surface area contributed by atoms with E-state index in [1.165, 1.54) is 31.3 Å². The lowest BCUT2D eigenvalue weighted by molar-refractivity contribution is 0.0858. The van der Waals surface area contributed by atoms with E-state index in [1.807, 2.05) is 0 Å². The minimum absolute atomic E-state index is 0.0362. The SMILES string of the molecule is CN(c1ccc(C(=O)NC[C@H]2CCCO2)c(Cl)c1)S(=O)(=O)c1ccccc1. The Labute approximate surface area is 164 Å². The normalized spacial score (nSPS) is 16.9. The van der Waals surface area contributed by atoms with Gasteiger partial charge >= 0.3 is 0 Å². The number of rotatable bonds is 6. The Kier molecular flexibility index (Phi) is 6.04. The molecule has 2 aromatic rings. The molecule has 1 amide bonds. The lowest BCUT2D eigenvalue weighted by Gasteiger charge is -2.20. The van der Waals surface area contributed by atoms with Crippen molar-refractivity contribution in [3.63, 3.8) is 0 Å². The molecule has 2 aromatic carbocycles. The molecule has 1 atom stereocenters. The van der Waals surface area contributed by atoms with Crippen molar-refractivity contribution in [2.45, 2.75) is 23.8 Å². The zero-order valence-corrected chi connectivity index (χ0v) is 16.5.